The van der Waals surface area contributed by atoms with Gasteiger partial charge in [-0.05, 0) is 37.6 Å². The summed E-state index contributed by atoms with van der Waals surface area (Å²) in [5.41, 5.74) is 1.86. The Kier molecular flexibility index (Phi) is 6.35. The van der Waals surface area contributed by atoms with E-state index < -0.39 is 0 Å². The van der Waals surface area contributed by atoms with Crippen molar-refractivity contribution in [1.29, 1.82) is 5.26 Å². The lowest BCUT2D eigenvalue weighted by Crippen LogP contribution is -2.33. The number of nitrogens with one attached hydrogen (secondary N) is 1. The monoisotopic (exact) mass is 324 g/mol. The second-order valence-corrected chi connectivity index (χ2v) is 5.47. The summed E-state index contributed by atoms with van der Waals surface area (Å²) in [5.74, 6) is 0.351. The van der Waals surface area contributed by atoms with Crippen LogP contribution in [0.2, 0.25) is 0 Å². The van der Waals surface area contributed by atoms with Gasteiger partial charge in [0.1, 0.15) is 12.4 Å². The lowest BCUT2D eigenvalue weighted by atomic mass is 10.1. The van der Waals surface area contributed by atoms with Gasteiger partial charge in [0.05, 0.1) is 11.6 Å². The van der Waals surface area contributed by atoms with E-state index in [9.17, 15) is 4.79 Å². The first-order valence-electron chi connectivity index (χ1n) is 7.76. The van der Waals surface area contributed by atoms with E-state index in [-0.39, 0.29) is 25.2 Å². The third-order valence-corrected chi connectivity index (χ3v) is 3.57. The van der Waals surface area contributed by atoms with Gasteiger partial charge in [0.15, 0.2) is 0 Å². The van der Waals surface area contributed by atoms with Crippen molar-refractivity contribution in [1.82, 2.24) is 5.32 Å². The second-order valence-electron chi connectivity index (χ2n) is 5.47. The molecule has 1 atom stereocenters. The Morgan fingerprint density at radius 3 is 2.83 bits per heavy atom. The number of nitriles is 1. The summed E-state index contributed by atoms with van der Waals surface area (Å²) in [4.78, 5) is 12.2. The number of hydrogen-bond donors (Lipinski definition) is 2. The van der Waals surface area contributed by atoms with E-state index in [0.717, 1.165) is 5.56 Å². The van der Waals surface area contributed by atoms with Gasteiger partial charge in [-0.3, -0.25) is 4.79 Å². The Bertz CT molecular complexity index is 737. The zero-order valence-electron chi connectivity index (χ0n) is 13.5. The molecule has 5 nitrogen and oxygen atoms in total. The first-order chi connectivity index (χ1) is 11.6. The maximum atomic E-state index is 12.2. The number of ether oxygens (including phenoxy) is 1. The van der Waals surface area contributed by atoms with Crippen molar-refractivity contribution in [3.8, 4) is 11.8 Å². The minimum absolute atomic E-state index is 0.0307. The summed E-state index contributed by atoms with van der Waals surface area (Å²) in [6.45, 7) is 2.13. The van der Waals surface area contributed by atoms with Crippen LogP contribution in [0.15, 0.2) is 48.5 Å². The molecule has 1 amide bonds. The highest BCUT2D eigenvalue weighted by Crippen LogP contribution is 2.17. The maximum absolute atomic E-state index is 12.2. The summed E-state index contributed by atoms with van der Waals surface area (Å²) in [6, 6.07) is 16.1. The average Bonchev–Trinajstić information content (AvgIpc) is 2.60. The van der Waals surface area contributed by atoms with Crippen LogP contribution >= 0.6 is 0 Å². The largest absolute Gasteiger partial charge is 0.489 e. The zero-order chi connectivity index (χ0) is 17.4. The molecule has 0 saturated carbocycles. The molecule has 0 aliphatic carbocycles. The van der Waals surface area contributed by atoms with Crippen LogP contribution in [0.3, 0.4) is 0 Å². The number of aliphatic hydroxyl groups excluding tert-OH is 1. The van der Waals surface area contributed by atoms with Crippen LogP contribution in [0, 0.1) is 11.3 Å². The first-order valence-corrected chi connectivity index (χ1v) is 7.76. The smallest absolute Gasteiger partial charge is 0.251 e. The van der Waals surface area contributed by atoms with Gasteiger partial charge in [0.2, 0.25) is 0 Å². The van der Waals surface area contributed by atoms with Crippen molar-refractivity contribution < 1.29 is 14.6 Å². The van der Waals surface area contributed by atoms with Gasteiger partial charge in [-0.1, -0.05) is 24.3 Å². The Balaban J connectivity index is 2.02. The fourth-order valence-corrected chi connectivity index (χ4v) is 2.22. The molecule has 124 valence electrons. The SMILES string of the molecule is C[C@H](CCO)NC(=O)c1cccc(OCc2ccccc2C#N)c1. The molecule has 0 heterocycles. The van der Waals surface area contributed by atoms with E-state index in [1.54, 1.807) is 36.4 Å². The van der Waals surface area contributed by atoms with Gasteiger partial charge < -0.3 is 15.2 Å². The Hall–Kier alpha value is -2.84. The molecule has 2 aromatic rings. The number of rotatable bonds is 7. The summed E-state index contributed by atoms with van der Waals surface area (Å²) in [6.07, 6.45) is 0.507. The molecule has 2 aromatic carbocycles. The van der Waals surface area contributed by atoms with E-state index in [1.807, 2.05) is 19.1 Å². The van der Waals surface area contributed by atoms with Crippen LogP contribution in [0.5, 0.6) is 5.75 Å². The molecule has 0 aliphatic rings. The number of carbonyl (C=O) groups excluding carboxylic acids is 1. The highest BCUT2D eigenvalue weighted by Gasteiger charge is 2.10. The van der Waals surface area contributed by atoms with E-state index in [2.05, 4.69) is 11.4 Å². The van der Waals surface area contributed by atoms with E-state index >= 15 is 0 Å². The molecule has 0 unspecified atom stereocenters. The predicted octanol–water partition coefficient (Wildman–Crippen LogP) is 2.64. The van der Waals surface area contributed by atoms with Gasteiger partial charge in [0.25, 0.3) is 5.91 Å². The second kappa shape index (κ2) is 8.70. The van der Waals surface area contributed by atoms with Crippen LogP contribution < -0.4 is 10.1 Å². The molecule has 0 radical (unpaired) electrons. The number of amides is 1. The van der Waals surface area contributed by atoms with E-state index in [0.29, 0.717) is 23.3 Å². The number of nitrogens with zero attached hydrogens (tertiary/aromatic N) is 1. The summed E-state index contributed by atoms with van der Waals surface area (Å²) < 4.78 is 5.71. The molecule has 2 rings (SSSR count). The van der Waals surface area contributed by atoms with Crippen LogP contribution in [-0.2, 0) is 6.61 Å². The van der Waals surface area contributed by atoms with Crippen molar-refractivity contribution in [2.24, 2.45) is 0 Å². The van der Waals surface area contributed by atoms with Crippen molar-refractivity contribution in [3.05, 3.63) is 65.2 Å². The van der Waals surface area contributed by atoms with Gasteiger partial charge in [0, 0.05) is 23.8 Å². The van der Waals surface area contributed by atoms with Crippen molar-refractivity contribution in [2.75, 3.05) is 6.61 Å². The molecule has 0 fully saturated rings. The van der Waals surface area contributed by atoms with Gasteiger partial charge in [-0.2, -0.15) is 5.26 Å². The average molecular weight is 324 g/mol. The van der Waals surface area contributed by atoms with Gasteiger partial charge >= 0.3 is 0 Å². The Labute approximate surface area is 141 Å². The normalized spacial score (nSPS) is 11.4. The van der Waals surface area contributed by atoms with E-state index in [1.165, 1.54) is 0 Å². The third kappa shape index (κ3) is 4.83. The Morgan fingerprint density at radius 2 is 2.08 bits per heavy atom. The first kappa shape index (κ1) is 17.5. The summed E-state index contributed by atoms with van der Waals surface area (Å²) in [5, 5.41) is 20.8. The van der Waals surface area contributed by atoms with Crippen LogP contribution in [0.1, 0.15) is 34.8 Å². The molecule has 0 bridgehead atoms. The number of hydrogen-bond acceptors (Lipinski definition) is 4. The zero-order valence-corrected chi connectivity index (χ0v) is 13.5. The summed E-state index contributed by atoms with van der Waals surface area (Å²) >= 11 is 0. The molecule has 2 N–H and O–H groups in total. The molecule has 5 heteroatoms. The van der Waals surface area contributed by atoms with Crippen molar-refractivity contribution in [2.45, 2.75) is 26.0 Å². The standard InChI is InChI=1S/C19H20N2O3/c1-14(9-10-22)21-19(23)15-7-4-8-18(11-15)24-13-17-6-3-2-5-16(17)12-20/h2-8,11,14,22H,9-10,13H2,1H3,(H,21,23)/t14-/m1/s1. The van der Waals surface area contributed by atoms with Crippen LogP contribution in [-0.4, -0.2) is 23.7 Å². The molecular weight excluding hydrogens is 304 g/mol. The van der Waals surface area contributed by atoms with E-state index in [4.69, 9.17) is 15.1 Å². The minimum Gasteiger partial charge on any atom is -0.489 e. The van der Waals surface area contributed by atoms with Crippen LogP contribution in [0.4, 0.5) is 0 Å². The Morgan fingerprint density at radius 1 is 1.29 bits per heavy atom. The molecule has 24 heavy (non-hydrogen) atoms. The number of benzene rings is 2. The van der Waals surface area contributed by atoms with Gasteiger partial charge in [-0.25, -0.2) is 0 Å². The molecular formula is C19H20N2O3. The topological polar surface area (TPSA) is 82.3 Å². The lowest BCUT2D eigenvalue weighted by Gasteiger charge is -2.13. The van der Waals surface area contributed by atoms with Crippen molar-refractivity contribution >= 4 is 5.91 Å². The predicted molar refractivity (Wildman–Crippen MR) is 90.6 cm³/mol. The quantitative estimate of drug-likeness (QED) is 0.820. The maximum Gasteiger partial charge on any atom is 0.251 e. The van der Waals surface area contributed by atoms with Crippen LogP contribution in [0.25, 0.3) is 0 Å². The molecule has 0 saturated heterocycles. The molecule has 0 aromatic heterocycles. The fourth-order valence-electron chi connectivity index (χ4n) is 2.22. The number of aliphatic hydroxyl groups is 1. The minimum atomic E-state index is -0.209. The van der Waals surface area contributed by atoms with Gasteiger partial charge in [-0.15, -0.1) is 0 Å². The fraction of sp³-hybridized carbons (Fsp3) is 0.263. The highest BCUT2D eigenvalue weighted by molar-refractivity contribution is 5.94. The number of carbonyl (C=O) groups is 1. The molecule has 0 spiro atoms. The summed E-state index contributed by atoms with van der Waals surface area (Å²) in [7, 11) is 0. The highest BCUT2D eigenvalue weighted by atomic mass is 16.5. The van der Waals surface area contributed by atoms with Crippen molar-refractivity contribution in [3.63, 3.8) is 0 Å². The third-order valence-electron chi connectivity index (χ3n) is 3.57. The molecule has 0 aliphatic heterocycles. The lowest BCUT2D eigenvalue weighted by molar-refractivity contribution is 0.0934.